The van der Waals surface area contributed by atoms with E-state index in [4.69, 9.17) is 23.2 Å². The quantitative estimate of drug-likeness (QED) is 0.500. The van der Waals surface area contributed by atoms with Gasteiger partial charge in [0.05, 0.1) is 11.1 Å². The molecule has 2 aromatic rings. The standard InChI is InChI=1S/C23H12Cl2O4/c24-12-6-8-14-18(10-12)22(28)16(20(14)26)4-2-1-3-5-17-21(27)15-9-7-13(25)11-19(15)23(17)29/h1-2,4-11H,3H2. The number of Topliss-reactive ketones (excluding diaryl/α,β-unsaturated/α-hetero) is 4. The Bertz CT molecular complexity index is 1220. The Kier molecular flexibility index (Phi) is 4.91. The first-order chi connectivity index (χ1) is 13.9. The molecule has 0 spiro atoms. The molecule has 142 valence electrons. The summed E-state index contributed by atoms with van der Waals surface area (Å²) in [5.41, 5.74) is 1.42. The molecule has 0 N–H and O–H groups in total. The van der Waals surface area contributed by atoms with Gasteiger partial charge >= 0.3 is 0 Å². The van der Waals surface area contributed by atoms with Crippen molar-refractivity contribution in [3.63, 3.8) is 0 Å². The number of allylic oxidation sites excluding steroid dienone is 6. The van der Waals surface area contributed by atoms with Gasteiger partial charge < -0.3 is 0 Å². The fourth-order valence-electron chi connectivity index (χ4n) is 3.36. The number of hydrogen-bond donors (Lipinski definition) is 0. The van der Waals surface area contributed by atoms with Gasteiger partial charge in [0.2, 0.25) is 0 Å². The molecule has 4 nitrogen and oxygen atoms in total. The van der Waals surface area contributed by atoms with Crippen LogP contribution in [0, 0.1) is 0 Å². The van der Waals surface area contributed by atoms with E-state index in [1.54, 1.807) is 30.4 Å². The van der Waals surface area contributed by atoms with E-state index < -0.39 is 0 Å². The molecule has 2 aliphatic rings. The van der Waals surface area contributed by atoms with Crippen LogP contribution >= 0.6 is 23.2 Å². The van der Waals surface area contributed by atoms with Gasteiger partial charge in [0.1, 0.15) is 0 Å². The van der Waals surface area contributed by atoms with Gasteiger partial charge in [0, 0.05) is 32.3 Å². The number of fused-ring (bicyclic) bond motifs is 2. The number of rotatable bonds is 3. The van der Waals surface area contributed by atoms with Gasteiger partial charge in [-0.1, -0.05) is 41.4 Å². The van der Waals surface area contributed by atoms with Crippen LogP contribution in [-0.2, 0) is 0 Å². The summed E-state index contributed by atoms with van der Waals surface area (Å²) in [6.45, 7) is 0. The summed E-state index contributed by atoms with van der Waals surface area (Å²) >= 11 is 11.8. The van der Waals surface area contributed by atoms with E-state index in [0.29, 0.717) is 38.7 Å². The van der Waals surface area contributed by atoms with Crippen molar-refractivity contribution in [3.05, 3.63) is 104 Å². The number of benzene rings is 2. The molecule has 6 heteroatoms. The molecule has 0 saturated carbocycles. The molecule has 2 aliphatic carbocycles. The molecule has 0 fully saturated rings. The van der Waals surface area contributed by atoms with Crippen molar-refractivity contribution < 1.29 is 19.2 Å². The summed E-state index contributed by atoms with van der Waals surface area (Å²) in [5.74, 6) is -1.41. The summed E-state index contributed by atoms with van der Waals surface area (Å²) in [7, 11) is 0. The van der Waals surface area contributed by atoms with Gasteiger partial charge in [-0.15, -0.1) is 0 Å². The van der Waals surface area contributed by atoms with Crippen molar-refractivity contribution in [3.8, 4) is 0 Å². The summed E-state index contributed by atoms with van der Waals surface area (Å²) in [5, 5.41) is 0.785. The van der Waals surface area contributed by atoms with Crippen LogP contribution in [0.2, 0.25) is 10.0 Å². The minimum absolute atomic E-state index is 0.0567. The smallest absolute Gasteiger partial charge is 0.197 e. The molecule has 0 atom stereocenters. The van der Waals surface area contributed by atoms with Gasteiger partial charge in [0.15, 0.2) is 23.1 Å². The first-order valence-electron chi connectivity index (χ1n) is 8.73. The lowest BCUT2D eigenvalue weighted by Gasteiger charge is -1.94. The average molecular weight is 423 g/mol. The molecule has 0 saturated heterocycles. The predicted molar refractivity (Wildman–Crippen MR) is 110 cm³/mol. The molecule has 0 radical (unpaired) electrons. The van der Waals surface area contributed by atoms with Crippen molar-refractivity contribution in [2.75, 3.05) is 0 Å². The van der Waals surface area contributed by atoms with E-state index in [2.05, 4.69) is 0 Å². The molecule has 0 unspecified atom stereocenters. The second-order valence-corrected chi connectivity index (χ2v) is 7.43. The molecule has 0 bridgehead atoms. The minimum atomic E-state index is -0.371. The monoisotopic (exact) mass is 422 g/mol. The average Bonchev–Trinajstić information content (AvgIpc) is 3.07. The molecular weight excluding hydrogens is 411 g/mol. The second kappa shape index (κ2) is 7.39. The zero-order valence-electron chi connectivity index (χ0n) is 14.9. The third kappa shape index (κ3) is 3.31. The summed E-state index contributed by atoms with van der Waals surface area (Å²) in [6.07, 6.45) is 6.47. The first kappa shape index (κ1) is 19.2. The third-order valence-electron chi connectivity index (χ3n) is 4.78. The third-order valence-corrected chi connectivity index (χ3v) is 5.25. The van der Waals surface area contributed by atoms with Crippen LogP contribution in [0.25, 0.3) is 0 Å². The van der Waals surface area contributed by atoms with E-state index in [9.17, 15) is 19.2 Å². The van der Waals surface area contributed by atoms with Gasteiger partial charge in [-0.05, 0) is 48.9 Å². The Balaban J connectivity index is 1.50. The minimum Gasteiger partial charge on any atom is -0.288 e. The van der Waals surface area contributed by atoms with Crippen molar-refractivity contribution >= 4 is 46.3 Å². The number of carbonyl (C=O) groups is 4. The molecule has 4 rings (SSSR count). The summed E-state index contributed by atoms with van der Waals surface area (Å²) < 4.78 is 0. The molecular formula is C23H12Cl2O4. The highest BCUT2D eigenvalue weighted by atomic mass is 35.5. The molecule has 0 aromatic heterocycles. The Labute approximate surface area is 176 Å². The van der Waals surface area contributed by atoms with Gasteiger partial charge in [-0.25, -0.2) is 0 Å². The summed E-state index contributed by atoms with van der Waals surface area (Å²) in [6, 6.07) is 9.18. The molecule has 2 aromatic carbocycles. The number of hydrogen-bond acceptors (Lipinski definition) is 4. The van der Waals surface area contributed by atoms with Crippen LogP contribution in [0.1, 0.15) is 47.9 Å². The fraction of sp³-hybridized carbons (Fsp3) is 0.0435. The largest absolute Gasteiger partial charge is 0.288 e. The van der Waals surface area contributed by atoms with Gasteiger partial charge in [-0.2, -0.15) is 0 Å². The van der Waals surface area contributed by atoms with Crippen LogP contribution in [-0.4, -0.2) is 23.1 Å². The molecule has 0 heterocycles. The topological polar surface area (TPSA) is 68.3 Å². The number of carbonyl (C=O) groups excluding carboxylic acids is 4. The normalized spacial score (nSPS) is 18.4. The van der Waals surface area contributed by atoms with Crippen LogP contribution in [0.5, 0.6) is 0 Å². The second-order valence-electron chi connectivity index (χ2n) is 6.56. The molecule has 0 aliphatic heterocycles. The van der Waals surface area contributed by atoms with Crippen molar-refractivity contribution in [1.29, 1.82) is 0 Å². The van der Waals surface area contributed by atoms with Crippen molar-refractivity contribution in [1.82, 2.24) is 0 Å². The van der Waals surface area contributed by atoms with Crippen LogP contribution < -0.4 is 0 Å². The van der Waals surface area contributed by atoms with Crippen LogP contribution in [0.15, 0.2) is 71.8 Å². The molecule has 0 amide bonds. The van der Waals surface area contributed by atoms with E-state index >= 15 is 0 Å². The maximum absolute atomic E-state index is 12.4. The maximum atomic E-state index is 12.4. The predicted octanol–water partition coefficient (Wildman–Crippen LogP) is 5.25. The highest BCUT2D eigenvalue weighted by Gasteiger charge is 2.33. The number of halogens is 2. The lowest BCUT2D eigenvalue weighted by molar-refractivity contribution is 0.0973. The highest BCUT2D eigenvalue weighted by molar-refractivity contribution is 6.41. The zero-order valence-corrected chi connectivity index (χ0v) is 16.4. The summed E-state index contributed by atoms with van der Waals surface area (Å²) in [4.78, 5) is 49.5. The number of ketones is 4. The van der Waals surface area contributed by atoms with Gasteiger partial charge in [-0.3, -0.25) is 19.2 Å². The van der Waals surface area contributed by atoms with Gasteiger partial charge in [0.25, 0.3) is 0 Å². The highest BCUT2D eigenvalue weighted by Crippen LogP contribution is 2.30. The van der Waals surface area contributed by atoms with Crippen LogP contribution in [0.4, 0.5) is 0 Å². The first-order valence-corrected chi connectivity index (χ1v) is 9.49. The van der Waals surface area contributed by atoms with E-state index in [1.165, 1.54) is 30.4 Å². The zero-order chi connectivity index (χ0) is 20.7. The Morgan fingerprint density at radius 2 is 1.14 bits per heavy atom. The van der Waals surface area contributed by atoms with Crippen LogP contribution in [0.3, 0.4) is 0 Å². The van der Waals surface area contributed by atoms with E-state index in [0.717, 1.165) is 0 Å². The van der Waals surface area contributed by atoms with E-state index in [1.807, 2.05) is 0 Å². The Hall–Kier alpha value is -3.08. The Morgan fingerprint density at radius 3 is 1.72 bits per heavy atom. The SMILES string of the molecule is O=C1C(=CC=CCC=C2C(=O)c3ccc(Cl)cc3C2=O)C(=O)c2cc(Cl)ccc21. The lowest BCUT2D eigenvalue weighted by atomic mass is 10.1. The van der Waals surface area contributed by atoms with E-state index in [-0.39, 0.29) is 34.3 Å². The fourth-order valence-corrected chi connectivity index (χ4v) is 3.70. The molecule has 29 heavy (non-hydrogen) atoms. The Morgan fingerprint density at radius 1 is 0.655 bits per heavy atom. The van der Waals surface area contributed by atoms with Crippen molar-refractivity contribution in [2.24, 2.45) is 0 Å². The lowest BCUT2D eigenvalue weighted by Crippen LogP contribution is -2.00. The van der Waals surface area contributed by atoms with Crippen molar-refractivity contribution in [2.45, 2.75) is 6.42 Å². The maximum Gasteiger partial charge on any atom is 0.197 e.